The fourth-order valence-corrected chi connectivity index (χ4v) is 2.17. The molecule has 1 N–H and O–H groups in total. The van der Waals surface area contributed by atoms with Crippen molar-refractivity contribution in [2.45, 2.75) is 34.1 Å². The molecule has 0 radical (unpaired) electrons. The summed E-state index contributed by atoms with van der Waals surface area (Å²) in [5.41, 5.74) is 0.701. The van der Waals surface area contributed by atoms with Gasteiger partial charge in [-0.05, 0) is 41.9 Å². The van der Waals surface area contributed by atoms with Gasteiger partial charge in [0.15, 0.2) is 0 Å². The van der Waals surface area contributed by atoms with E-state index >= 15 is 0 Å². The lowest BCUT2D eigenvalue weighted by atomic mass is 10.1. The van der Waals surface area contributed by atoms with Crippen LogP contribution in [0.25, 0.3) is 0 Å². The highest BCUT2D eigenvalue weighted by Gasteiger charge is 2.15. The Morgan fingerprint density at radius 1 is 1.36 bits per heavy atom. The van der Waals surface area contributed by atoms with Crippen LogP contribution in [0.5, 0.6) is 11.5 Å². The zero-order chi connectivity index (χ0) is 19.0. The Morgan fingerprint density at radius 2 is 2.04 bits per heavy atom. The van der Waals surface area contributed by atoms with Crippen molar-refractivity contribution in [1.29, 1.82) is 0 Å². The fraction of sp³-hybridized carbons (Fsp3) is 0.421. The zero-order valence-electron chi connectivity index (χ0n) is 15.3. The molecule has 0 spiro atoms. The number of methoxy groups -OCH3 is 1. The second-order valence-electron chi connectivity index (χ2n) is 5.69. The fourth-order valence-electron chi connectivity index (χ4n) is 1.94. The van der Waals surface area contributed by atoms with Crippen molar-refractivity contribution < 1.29 is 24.1 Å². The van der Waals surface area contributed by atoms with Crippen LogP contribution in [0.3, 0.4) is 0 Å². The van der Waals surface area contributed by atoms with E-state index in [1.807, 2.05) is 13.8 Å². The maximum absolute atomic E-state index is 11.8. The van der Waals surface area contributed by atoms with E-state index in [-0.39, 0.29) is 24.1 Å². The summed E-state index contributed by atoms with van der Waals surface area (Å²) in [6, 6.07) is 5.29. The number of aliphatic hydroxyl groups excluding tert-OH is 1. The standard InChI is InChI=1S/C19H25BrO5/c1-6-24-19(22)9-14-7-8-15(23-5)10-18(14)25-17(12(2)3)11-16(20)13(4)21/h7-8,10-12,21H,6,9H2,1-5H3/b16-13-,17-11+. The Bertz CT molecular complexity index is 658. The van der Waals surface area contributed by atoms with Crippen molar-refractivity contribution in [2.24, 2.45) is 5.92 Å². The van der Waals surface area contributed by atoms with Crippen LogP contribution < -0.4 is 9.47 Å². The molecule has 0 aliphatic heterocycles. The maximum Gasteiger partial charge on any atom is 0.310 e. The molecule has 5 nitrogen and oxygen atoms in total. The first-order valence-electron chi connectivity index (χ1n) is 8.05. The first-order valence-corrected chi connectivity index (χ1v) is 8.85. The molecule has 0 fully saturated rings. The Morgan fingerprint density at radius 3 is 2.56 bits per heavy atom. The number of esters is 1. The number of hydrogen-bond donors (Lipinski definition) is 1. The summed E-state index contributed by atoms with van der Waals surface area (Å²) in [7, 11) is 1.57. The van der Waals surface area contributed by atoms with Crippen molar-refractivity contribution in [3.8, 4) is 11.5 Å². The highest BCUT2D eigenvalue weighted by atomic mass is 79.9. The number of benzene rings is 1. The van der Waals surface area contributed by atoms with Crippen LogP contribution in [0.2, 0.25) is 0 Å². The van der Waals surface area contributed by atoms with Crippen LogP contribution in [-0.4, -0.2) is 24.8 Å². The molecule has 0 aliphatic rings. The molecular weight excluding hydrogens is 388 g/mol. The van der Waals surface area contributed by atoms with Gasteiger partial charge < -0.3 is 19.3 Å². The molecule has 25 heavy (non-hydrogen) atoms. The van der Waals surface area contributed by atoms with Crippen molar-refractivity contribution in [1.82, 2.24) is 0 Å². The van der Waals surface area contributed by atoms with Crippen molar-refractivity contribution >= 4 is 21.9 Å². The van der Waals surface area contributed by atoms with Crippen LogP contribution in [-0.2, 0) is 16.0 Å². The predicted molar refractivity (Wildman–Crippen MR) is 101 cm³/mol. The number of halogens is 1. The molecule has 6 heteroatoms. The number of rotatable bonds is 8. The Kier molecular flexibility index (Phi) is 8.55. The zero-order valence-corrected chi connectivity index (χ0v) is 16.8. The first kappa shape index (κ1) is 21.1. The summed E-state index contributed by atoms with van der Waals surface area (Å²) in [6.07, 6.45) is 1.82. The second kappa shape index (κ2) is 10.1. The SMILES string of the molecule is CCOC(=O)Cc1ccc(OC)cc1O/C(=C/C(Br)=C(\C)O)C(C)C. The first-order chi connectivity index (χ1) is 11.8. The van der Waals surface area contributed by atoms with Gasteiger partial charge in [0.25, 0.3) is 0 Å². The Hall–Kier alpha value is -1.95. The van der Waals surface area contributed by atoms with Crippen LogP contribution in [0.1, 0.15) is 33.3 Å². The molecule has 0 saturated heterocycles. The normalized spacial score (nSPS) is 12.7. The summed E-state index contributed by atoms with van der Waals surface area (Å²) < 4.78 is 16.8. The van der Waals surface area contributed by atoms with Crippen molar-refractivity contribution in [3.05, 3.63) is 45.8 Å². The largest absolute Gasteiger partial charge is 0.511 e. The quantitative estimate of drug-likeness (QED) is 0.373. The maximum atomic E-state index is 11.8. The van der Waals surface area contributed by atoms with E-state index in [2.05, 4.69) is 15.9 Å². The number of carbonyl (C=O) groups is 1. The van der Waals surface area contributed by atoms with Gasteiger partial charge in [-0.1, -0.05) is 19.9 Å². The Labute approximate surface area is 157 Å². The Balaban J connectivity index is 3.23. The van der Waals surface area contributed by atoms with Crippen LogP contribution >= 0.6 is 15.9 Å². The minimum absolute atomic E-state index is 0.0635. The number of carbonyl (C=O) groups excluding carboxylic acids is 1. The molecule has 1 aromatic rings. The highest BCUT2D eigenvalue weighted by Crippen LogP contribution is 2.30. The lowest BCUT2D eigenvalue weighted by Crippen LogP contribution is -2.10. The van der Waals surface area contributed by atoms with E-state index < -0.39 is 0 Å². The molecule has 0 bridgehead atoms. The van der Waals surface area contributed by atoms with Crippen LogP contribution in [0, 0.1) is 5.92 Å². The lowest BCUT2D eigenvalue weighted by Gasteiger charge is -2.17. The second-order valence-corrected chi connectivity index (χ2v) is 6.55. The molecule has 0 atom stereocenters. The van der Waals surface area contributed by atoms with Crippen LogP contribution in [0.4, 0.5) is 0 Å². The smallest absolute Gasteiger partial charge is 0.310 e. The van der Waals surface area contributed by atoms with Gasteiger partial charge in [0, 0.05) is 17.5 Å². The molecule has 1 rings (SSSR count). The summed E-state index contributed by atoms with van der Waals surface area (Å²) >= 11 is 3.31. The van der Waals surface area contributed by atoms with Gasteiger partial charge >= 0.3 is 5.97 Å². The van der Waals surface area contributed by atoms with Gasteiger partial charge in [-0.15, -0.1) is 0 Å². The molecule has 0 heterocycles. The van der Waals surface area contributed by atoms with Gasteiger partial charge in [-0.2, -0.15) is 0 Å². The molecule has 1 aromatic carbocycles. The van der Waals surface area contributed by atoms with E-state index in [0.717, 1.165) is 0 Å². The summed E-state index contributed by atoms with van der Waals surface area (Å²) in [6.45, 7) is 7.63. The third-order valence-corrected chi connectivity index (χ3v) is 4.13. The number of hydrogen-bond acceptors (Lipinski definition) is 5. The molecule has 138 valence electrons. The number of aliphatic hydroxyl groups is 1. The number of ether oxygens (including phenoxy) is 3. The average molecular weight is 413 g/mol. The monoisotopic (exact) mass is 412 g/mol. The third-order valence-electron chi connectivity index (χ3n) is 3.33. The molecule has 0 aliphatic carbocycles. The van der Waals surface area contributed by atoms with Gasteiger partial charge in [-0.3, -0.25) is 4.79 Å². The topological polar surface area (TPSA) is 65.0 Å². The lowest BCUT2D eigenvalue weighted by molar-refractivity contribution is -0.142. The van der Waals surface area contributed by atoms with E-state index in [4.69, 9.17) is 14.2 Å². The van der Waals surface area contributed by atoms with E-state index in [0.29, 0.717) is 33.9 Å². The predicted octanol–water partition coefficient (Wildman–Crippen LogP) is 4.90. The molecule has 0 unspecified atom stereocenters. The minimum Gasteiger partial charge on any atom is -0.511 e. The van der Waals surface area contributed by atoms with Gasteiger partial charge in [0.2, 0.25) is 0 Å². The molecule has 0 amide bonds. The van der Waals surface area contributed by atoms with E-state index in [1.54, 1.807) is 45.2 Å². The molecular formula is C19H25BrO5. The van der Waals surface area contributed by atoms with Crippen molar-refractivity contribution in [2.75, 3.05) is 13.7 Å². The summed E-state index contributed by atoms with van der Waals surface area (Å²) in [5, 5.41) is 9.58. The molecule has 0 saturated carbocycles. The third kappa shape index (κ3) is 6.82. The van der Waals surface area contributed by atoms with Gasteiger partial charge in [0.05, 0.1) is 24.6 Å². The van der Waals surface area contributed by atoms with E-state index in [9.17, 15) is 9.90 Å². The highest BCUT2D eigenvalue weighted by molar-refractivity contribution is 9.11. The molecule has 0 aromatic heterocycles. The van der Waals surface area contributed by atoms with Crippen molar-refractivity contribution in [3.63, 3.8) is 0 Å². The minimum atomic E-state index is -0.320. The summed E-state index contributed by atoms with van der Waals surface area (Å²) in [4.78, 5) is 11.8. The summed E-state index contributed by atoms with van der Waals surface area (Å²) in [5.74, 6) is 1.67. The van der Waals surface area contributed by atoms with Gasteiger partial charge in [0.1, 0.15) is 23.0 Å². The average Bonchev–Trinajstić information content (AvgIpc) is 2.55. The van der Waals surface area contributed by atoms with E-state index in [1.165, 1.54) is 0 Å². The van der Waals surface area contributed by atoms with Crippen LogP contribution in [0.15, 0.2) is 40.3 Å². The number of allylic oxidation sites excluding steroid dienone is 4. The van der Waals surface area contributed by atoms with Gasteiger partial charge in [-0.25, -0.2) is 0 Å².